The Labute approximate surface area is 192 Å². The lowest BCUT2D eigenvalue weighted by atomic mass is 9.98. The summed E-state index contributed by atoms with van der Waals surface area (Å²) in [6.07, 6.45) is 7.66. The Bertz CT molecular complexity index is 979. The molecule has 1 unspecified atom stereocenters. The summed E-state index contributed by atoms with van der Waals surface area (Å²) in [5.74, 6) is 3.00. The maximum absolute atomic E-state index is 5.22. The van der Waals surface area contributed by atoms with Crippen molar-refractivity contribution in [2.45, 2.75) is 33.2 Å². The molecule has 2 N–H and O–H groups in total. The van der Waals surface area contributed by atoms with Gasteiger partial charge in [-0.3, -0.25) is 9.39 Å². The Morgan fingerprint density at radius 3 is 2.97 bits per heavy atom. The number of rotatable bonds is 5. The summed E-state index contributed by atoms with van der Waals surface area (Å²) in [4.78, 5) is 11.2. The monoisotopic (exact) mass is 525 g/mol. The van der Waals surface area contributed by atoms with Crippen LogP contribution in [-0.4, -0.2) is 57.4 Å². The van der Waals surface area contributed by atoms with Crippen LogP contribution in [0.2, 0.25) is 0 Å². The van der Waals surface area contributed by atoms with E-state index in [4.69, 9.17) is 4.52 Å². The fourth-order valence-corrected chi connectivity index (χ4v) is 3.78. The number of halogens is 1. The molecule has 1 atom stereocenters. The second-order valence-electron chi connectivity index (χ2n) is 7.38. The fourth-order valence-electron chi connectivity index (χ4n) is 3.78. The first-order chi connectivity index (χ1) is 14.2. The summed E-state index contributed by atoms with van der Waals surface area (Å²) in [6.45, 7) is 7.25. The zero-order valence-electron chi connectivity index (χ0n) is 17.5. The molecule has 10 nitrogen and oxygen atoms in total. The van der Waals surface area contributed by atoms with Crippen LogP contribution in [0.4, 0.5) is 5.82 Å². The number of anilines is 1. The van der Waals surface area contributed by atoms with Gasteiger partial charge < -0.3 is 20.1 Å². The van der Waals surface area contributed by atoms with Crippen molar-refractivity contribution < 1.29 is 4.52 Å². The van der Waals surface area contributed by atoms with Gasteiger partial charge in [-0.15, -0.1) is 34.2 Å². The van der Waals surface area contributed by atoms with E-state index in [1.54, 1.807) is 19.6 Å². The van der Waals surface area contributed by atoms with E-state index in [-0.39, 0.29) is 24.0 Å². The van der Waals surface area contributed by atoms with Gasteiger partial charge in [-0.1, -0.05) is 5.16 Å². The van der Waals surface area contributed by atoms with Crippen molar-refractivity contribution in [1.82, 2.24) is 35.4 Å². The number of hydrogen-bond donors (Lipinski definition) is 2. The van der Waals surface area contributed by atoms with Crippen molar-refractivity contribution in [3.05, 3.63) is 35.7 Å². The SMILES string of the molecule is CN=C(NCc1c(C)noc1C)NCC1CCCN(c2nccn3cnnc23)C1.I. The first-order valence-corrected chi connectivity index (χ1v) is 9.91. The Hall–Kier alpha value is -2.44. The average molecular weight is 525 g/mol. The Morgan fingerprint density at radius 2 is 2.20 bits per heavy atom. The third-order valence-corrected chi connectivity index (χ3v) is 5.41. The molecule has 1 aliphatic heterocycles. The van der Waals surface area contributed by atoms with Crippen molar-refractivity contribution in [1.29, 1.82) is 0 Å². The first-order valence-electron chi connectivity index (χ1n) is 9.91. The van der Waals surface area contributed by atoms with Crippen LogP contribution < -0.4 is 15.5 Å². The van der Waals surface area contributed by atoms with Gasteiger partial charge in [0.15, 0.2) is 11.8 Å². The molecule has 4 rings (SSSR count). The highest BCUT2D eigenvalue weighted by atomic mass is 127. The van der Waals surface area contributed by atoms with Crippen molar-refractivity contribution in [3.63, 3.8) is 0 Å². The average Bonchev–Trinajstić information content (AvgIpc) is 3.35. The van der Waals surface area contributed by atoms with Crippen LogP contribution >= 0.6 is 24.0 Å². The number of nitrogens with zero attached hydrogens (tertiary/aromatic N) is 7. The van der Waals surface area contributed by atoms with Gasteiger partial charge in [0.05, 0.1) is 5.69 Å². The van der Waals surface area contributed by atoms with Crippen molar-refractivity contribution >= 4 is 41.4 Å². The molecule has 1 fully saturated rings. The van der Waals surface area contributed by atoms with Crippen molar-refractivity contribution in [2.24, 2.45) is 10.9 Å². The number of aromatic nitrogens is 5. The standard InChI is InChI=1S/C19H27N9O.HI/c1-13-16(14(2)29-26-13)10-23-19(20-3)22-9-15-5-4-7-27(11-15)17-18-25-24-12-28(18)8-6-21-17;/h6,8,12,15H,4-5,7,9-11H2,1-3H3,(H2,20,22,23);1H. The molecule has 0 saturated carbocycles. The van der Waals surface area contributed by atoms with Crippen molar-refractivity contribution in [3.8, 4) is 0 Å². The van der Waals surface area contributed by atoms with Gasteiger partial charge in [0.1, 0.15) is 12.1 Å². The minimum absolute atomic E-state index is 0. The normalized spacial score (nSPS) is 17.1. The summed E-state index contributed by atoms with van der Waals surface area (Å²) in [7, 11) is 1.78. The lowest BCUT2D eigenvalue weighted by Crippen LogP contribution is -2.44. The van der Waals surface area contributed by atoms with Crippen LogP contribution in [-0.2, 0) is 6.54 Å². The molecule has 1 aliphatic rings. The highest BCUT2D eigenvalue weighted by Crippen LogP contribution is 2.23. The van der Waals surface area contributed by atoms with Crippen LogP contribution in [0.5, 0.6) is 0 Å². The Morgan fingerprint density at radius 1 is 1.33 bits per heavy atom. The minimum Gasteiger partial charge on any atom is -0.361 e. The molecule has 0 aliphatic carbocycles. The highest BCUT2D eigenvalue weighted by Gasteiger charge is 2.23. The number of fused-ring (bicyclic) bond motifs is 1. The maximum Gasteiger partial charge on any atom is 0.203 e. The molecule has 0 aromatic carbocycles. The lowest BCUT2D eigenvalue weighted by molar-refractivity contribution is 0.392. The van der Waals surface area contributed by atoms with E-state index >= 15 is 0 Å². The van der Waals surface area contributed by atoms with E-state index in [2.05, 4.69) is 40.9 Å². The third kappa shape index (κ3) is 4.82. The second kappa shape index (κ2) is 10.0. The first kappa shape index (κ1) is 22.2. The molecule has 1 saturated heterocycles. The van der Waals surface area contributed by atoms with E-state index in [1.807, 2.05) is 24.4 Å². The minimum atomic E-state index is 0. The number of aryl methyl sites for hydroxylation is 2. The number of nitrogens with one attached hydrogen (secondary N) is 2. The predicted molar refractivity (Wildman–Crippen MR) is 125 cm³/mol. The number of hydrogen-bond acceptors (Lipinski definition) is 7. The number of guanidine groups is 1. The maximum atomic E-state index is 5.22. The molecule has 3 aromatic rings. The molecule has 0 spiro atoms. The van der Waals surface area contributed by atoms with Gasteiger partial charge in [0, 0.05) is 51.2 Å². The Kier molecular flexibility index (Phi) is 7.45. The zero-order chi connectivity index (χ0) is 20.2. The lowest BCUT2D eigenvalue weighted by Gasteiger charge is -2.33. The van der Waals surface area contributed by atoms with E-state index in [9.17, 15) is 0 Å². The highest BCUT2D eigenvalue weighted by molar-refractivity contribution is 14.0. The number of aliphatic imine (C=N–C) groups is 1. The third-order valence-electron chi connectivity index (χ3n) is 5.41. The molecular formula is C19H28IN9O. The molecule has 0 radical (unpaired) electrons. The van der Waals surface area contributed by atoms with Crippen LogP contribution in [0.1, 0.15) is 29.9 Å². The van der Waals surface area contributed by atoms with E-state index in [1.165, 1.54) is 6.42 Å². The van der Waals surface area contributed by atoms with E-state index < -0.39 is 0 Å². The van der Waals surface area contributed by atoms with Gasteiger partial charge in [-0.25, -0.2) is 4.98 Å². The van der Waals surface area contributed by atoms with Gasteiger partial charge in [0.2, 0.25) is 5.65 Å². The van der Waals surface area contributed by atoms with Crippen LogP contribution in [0.3, 0.4) is 0 Å². The quantitative estimate of drug-likeness (QED) is 0.296. The van der Waals surface area contributed by atoms with E-state index in [0.29, 0.717) is 12.5 Å². The fraction of sp³-hybridized carbons (Fsp3) is 0.526. The molecule has 162 valence electrons. The van der Waals surface area contributed by atoms with Crippen LogP contribution in [0.25, 0.3) is 5.65 Å². The predicted octanol–water partition coefficient (Wildman–Crippen LogP) is 1.93. The summed E-state index contributed by atoms with van der Waals surface area (Å²) in [5, 5.41) is 19.0. The summed E-state index contributed by atoms with van der Waals surface area (Å²) < 4.78 is 7.13. The molecular weight excluding hydrogens is 497 g/mol. The Balaban J connectivity index is 0.00000256. The van der Waals surface area contributed by atoms with Gasteiger partial charge in [-0.2, -0.15) is 0 Å². The topological polar surface area (TPSA) is 109 Å². The molecule has 0 bridgehead atoms. The summed E-state index contributed by atoms with van der Waals surface area (Å²) in [5.41, 5.74) is 2.78. The molecule has 3 aromatic heterocycles. The smallest absolute Gasteiger partial charge is 0.203 e. The van der Waals surface area contributed by atoms with Gasteiger partial charge in [-0.05, 0) is 32.6 Å². The second-order valence-corrected chi connectivity index (χ2v) is 7.38. The van der Waals surface area contributed by atoms with Crippen LogP contribution in [0.15, 0.2) is 28.2 Å². The summed E-state index contributed by atoms with van der Waals surface area (Å²) in [6, 6.07) is 0. The molecule has 4 heterocycles. The van der Waals surface area contributed by atoms with E-state index in [0.717, 1.165) is 60.5 Å². The molecule has 11 heteroatoms. The molecule has 0 amide bonds. The largest absolute Gasteiger partial charge is 0.361 e. The van der Waals surface area contributed by atoms with Gasteiger partial charge >= 0.3 is 0 Å². The summed E-state index contributed by atoms with van der Waals surface area (Å²) >= 11 is 0. The van der Waals surface area contributed by atoms with Gasteiger partial charge in [0.25, 0.3) is 0 Å². The number of piperidine rings is 1. The molecule has 30 heavy (non-hydrogen) atoms. The van der Waals surface area contributed by atoms with Crippen molar-refractivity contribution in [2.75, 3.05) is 31.6 Å². The zero-order valence-corrected chi connectivity index (χ0v) is 19.8. The van der Waals surface area contributed by atoms with Crippen LogP contribution in [0, 0.1) is 19.8 Å².